The van der Waals surface area contributed by atoms with Gasteiger partial charge < -0.3 is 18.9 Å². The SMILES string of the molecule is CC1c2cc3c(cc2CCN1C(=O)/C=C/c1c(-c2ccccc2)n(C)c2ncccc12)OCO3.Cl. The maximum Gasteiger partial charge on any atom is 0.247 e. The minimum atomic E-state index is -0.0434. The van der Waals surface area contributed by atoms with Gasteiger partial charge in [0.15, 0.2) is 11.5 Å². The van der Waals surface area contributed by atoms with Gasteiger partial charge in [-0.15, -0.1) is 12.4 Å². The van der Waals surface area contributed by atoms with Crippen LogP contribution in [-0.2, 0) is 18.3 Å². The largest absolute Gasteiger partial charge is 0.454 e. The van der Waals surface area contributed by atoms with Crippen molar-refractivity contribution in [3.63, 3.8) is 0 Å². The van der Waals surface area contributed by atoms with Crippen molar-refractivity contribution >= 4 is 35.4 Å². The Morgan fingerprint density at radius 3 is 2.66 bits per heavy atom. The molecule has 2 aromatic carbocycles. The minimum absolute atomic E-state index is 0. The van der Waals surface area contributed by atoms with Crippen LogP contribution in [0, 0.1) is 0 Å². The molecule has 1 amide bonds. The van der Waals surface area contributed by atoms with Crippen LogP contribution in [0.5, 0.6) is 11.5 Å². The number of fused-ring (bicyclic) bond motifs is 3. The van der Waals surface area contributed by atoms with Gasteiger partial charge in [-0.25, -0.2) is 4.98 Å². The molecule has 4 heterocycles. The van der Waals surface area contributed by atoms with Crippen molar-refractivity contribution in [1.29, 1.82) is 0 Å². The van der Waals surface area contributed by atoms with Gasteiger partial charge in [-0.1, -0.05) is 30.3 Å². The molecule has 1 unspecified atom stereocenters. The number of hydrogen-bond acceptors (Lipinski definition) is 4. The molecule has 178 valence electrons. The van der Waals surface area contributed by atoms with E-state index < -0.39 is 0 Å². The van der Waals surface area contributed by atoms with Crippen LogP contribution < -0.4 is 9.47 Å². The van der Waals surface area contributed by atoms with Crippen molar-refractivity contribution in [3.05, 3.63) is 83.6 Å². The number of aryl methyl sites for hydroxylation is 1. The molecule has 0 radical (unpaired) electrons. The number of ether oxygens (including phenoxy) is 2. The van der Waals surface area contributed by atoms with Gasteiger partial charge >= 0.3 is 0 Å². The summed E-state index contributed by atoms with van der Waals surface area (Å²) in [5.41, 5.74) is 6.37. The van der Waals surface area contributed by atoms with Crippen LogP contribution in [-0.4, -0.2) is 33.7 Å². The van der Waals surface area contributed by atoms with Crippen LogP contribution in [0.2, 0.25) is 0 Å². The Morgan fingerprint density at radius 1 is 1.09 bits per heavy atom. The Morgan fingerprint density at radius 2 is 1.86 bits per heavy atom. The topological polar surface area (TPSA) is 56.6 Å². The quantitative estimate of drug-likeness (QED) is 0.355. The second kappa shape index (κ2) is 9.12. The Hall–Kier alpha value is -3.77. The molecule has 2 aromatic heterocycles. The molecule has 0 saturated heterocycles. The summed E-state index contributed by atoms with van der Waals surface area (Å²) in [5.74, 6) is 1.55. The molecule has 0 saturated carbocycles. The zero-order valence-corrected chi connectivity index (χ0v) is 20.4. The predicted molar refractivity (Wildman–Crippen MR) is 139 cm³/mol. The number of rotatable bonds is 3. The first-order valence-electron chi connectivity index (χ1n) is 11.5. The normalized spacial score (nSPS) is 16.4. The maximum absolute atomic E-state index is 13.4. The van der Waals surface area contributed by atoms with E-state index in [9.17, 15) is 4.79 Å². The fourth-order valence-electron chi connectivity index (χ4n) is 5.16. The predicted octanol–water partition coefficient (Wildman–Crippen LogP) is 5.55. The highest BCUT2D eigenvalue weighted by molar-refractivity contribution is 6.00. The number of aromatic nitrogens is 2. The molecule has 6 rings (SSSR count). The van der Waals surface area contributed by atoms with Crippen LogP contribution in [0.1, 0.15) is 29.7 Å². The van der Waals surface area contributed by atoms with Gasteiger partial charge in [0.2, 0.25) is 12.7 Å². The molecule has 0 spiro atoms. The fraction of sp³-hybridized carbons (Fsp3) is 0.214. The van der Waals surface area contributed by atoms with Gasteiger partial charge in [-0.05, 0) is 60.4 Å². The number of pyridine rings is 1. The molecular formula is C28H26ClN3O3. The highest BCUT2D eigenvalue weighted by Crippen LogP contribution is 2.40. The lowest BCUT2D eigenvalue weighted by Gasteiger charge is -2.34. The Kier molecular flexibility index (Phi) is 5.99. The van der Waals surface area contributed by atoms with E-state index in [2.05, 4.69) is 40.7 Å². The standard InChI is InChI=1S/C28H25N3O3.ClH/c1-18-23-16-25-24(33-17-34-25)15-20(23)12-14-31(18)26(32)11-10-21-22-9-6-13-29-28(22)30(2)27(21)19-7-4-3-5-8-19;/h3-11,13,15-16,18H,12,14,17H2,1-2H3;1H/b11-10+;. The number of nitrogens with zero attached hydrogens (tertiary/aromatic N) is 3. The van der Waals surface area contributed by atoms with E-state index in [0.29, 0.717) is 6.54 Å². The summed E-state index contributed by atoms with van der Waals surface area (Å²) in [4.78, 5) is 19.9. The van der Waals surface area contributed by atoms with E-state index in [4.69, 9.17) is 9.47 Å². The van der Waals surface area contributed by atoms with Gasteiger partial charge in [0, 0.05) is 36.8 Å². The summed E-state index contributed by atoms with van der Waals surface area (Å²) in [6, 6.07) is 18.3. The molecular weight excluding hydrogens is 462 g/mol. The van der Waals surface area contributed by atoms with E-state index in [1.807, 2.05) is 48.4 Å². The molecule has 6 nitrogen and oxygen atoms in total. The van der Waals surface area contributed by atoms with Crippen molar-refractivity contribution in [2.45, 2.75) is 19.4 Å². The second-order valence-electron chi connectivity index (χ2n) is 8.76. The Bertz CT molecular complexity index is 1450. The van der Waals surface area contributed by atoms with Crippen molar-refractivity contribution in [3.8, 4) is 22.8 Å². The first-order valence-corrected chi connectivity index (χ1v) is 11.5. The summed E-state index contributed by atoms with van der Waals surface area (Å²) in [7, 11) is 2.02. The summed E-state index contributed by atoms with van der Waals surface area (Å²) < 4.78 is 13.2. The Labute approximate surface area is 210 Å². The van der Waals surface area contributed by atoms with Crippen LogP contribution >= 0.6 is 12.4 Å². The molecule has 0 aliphatic carbocycles. The van der Waals surface area contributed by atoms with E-state index in [-0.39, 0.29) is 31.1 Å². The van der Waals surface area contributed by atoms with Crippen molar-refractivity contribution in [2.24, 2.45) is 7.05 Å². The fourth-order valence-corrected chi connectivity index (χ4v) is 5.16. The average Bonchev–Trinajstić information content (AvgIpc) is 3.44. The molecule has 0 N–H and O–H groups in total. The van der Waals surface area contributed by atoms with Crippen LogP contribution in [0.4, 0.5) is 0 Å². The van der Waals surface area contributed by atoms with Gasteiger partial charge in [0.25, 0.3) is 0 Å². The lowest BCUT2D eigenvalue weighted by atomic mass is 9.92. The summed E-state index contributed by atoms with van der Waals surface area (Å²) >= 11 is 0. The number of carbonyl (C=O) groups is 1. The molecule has 0 fully saturated rings. The first-order chi connectivity index (χ1) is 16.6. The van der Waals surface area contributed by atoms with Crippen molar-refractivity contribution in [2.75, 3.05) is 13.3 Å². The summed E-state index contributed by atoms with van der Waals surface area (Å²) in [6.07, 6.45) is 6.23. The molecule has 7 heteroatoms. The summed E-state index contributed by atoms with van der Waals surface area (Å²) in [6.45, 7) is 2.99. The maximum atomic E-state index is 13.4. The second-order valence-corrected chi connectivity index (χ2v) is 8.76. The summed E-state index contributed by atoms with van der Waals surface area (Å²) in [5, 5.41) is 1.03. The van der Waals surface area contributed by atoms with Gasteiger partial charge in [-0.2, -0.15) is 0 Å². The van der Waals surface area contributed by atoms with Crippen LogP contribution in [0.25, 0.3) is 28.4 Å². The van der Waals surface area contributed by atoms with Gasteiger partial charge in [0.1, 0.15) is 5.65 Å². The number of benzene rings is 2. The van der Waals surface area contributed by atoms with Crippen LogP contribution in [0.3, 0.4) is 0 Å². The number of hydrogen-bond donors (Lipinski definition) is 0. The highest BCUT2D eigenvalue weighted by atomic mass is 35.5. The van der Waals surface area contributed by atoms with Gasteiger partial charge in [-0.3, -0.25) is 4.79 Å². The molecule has 0 bridgehead atoms. The van der Waals surface area contributed by atoms with Crippen molar-refractivity contribution < 1.29 is 14.3 Å². The smallest absolute Gasteiger partial charge is 0.247 e. The monoisotopic (exact) mass is 487 g/mol. The lowest BCUT2D eigenvalue weighted by molar-refractivity contribution is -0.128. The molecule has 2 aliphatic heterocycles. The van der Waals surface area contributed by atoms with Gasteiger partial charge in [0.05, 0.1) is 11.7 Å². The Balaban J connectivity index is 0.00000253. The van der Waals surface area contributed by atoms with E-state index >= 15 is 0 Å². The molecule has 35 heavy (non-hydrogen) atoms. The third-order valence-corrected chi connectivity index (χ3v) is 6.88. The lowest BCUT2D eigenvalue weighted by Crippen LogP contribution is -2.37. The zero-order chi connectivity index (χ0) is 23.2. The average molecular weight is 488 g/mol. The molecule has 1 atom stereocenters. The number of amides is 1. The zero-order valence-electron chi connectivity index (χ0n) is 19.6. The highest BCUT2D eigenvalue weighted by Gasteiger charge is 2.29. The molecule has 2 aliphatic rings. The molecule has 4 aromatic rings. The third-order valence-electron chi connectivity index (χ3n) is 6.88. The first kappa shape index (κ1) is 23.0. The van der Waals surface area contributed by atoms with E-state index in [1.165, 1.54) is 5.56 Å². The van der Waals surface area contributed by atoms with E-state index in [1.54, 1.807) is 12.3 Å². The van der Waals surface area contributed by atoms with E-state index in [0.717, 1.165) is 51.3 Å². The minimum Gasteiger partial charge on any atom is -0.454 e. The van der Waals surface area contributed by atoms with Crippen LogP contribution in [0.15, 0.2) is 66.9 Å². The number of halogens is 1. The third kappa shape index (κ3) is 3.84. The van der Waals surface area contributed by atoms with Crippen molar-refractivity contribution in [1.82, 2.24) is 14.5 Å². The number of carbonyl (C=O) groups excluding carboxylic acids is 1.